The minimum absolute atomic E-state index is 0.149. The molecule has 1 atom stereocenters. The van der Waals surface area contributed by atoms with Gasteiger partial charge in [-0.1, -0.05) is 6.92 Å². The third-order valence-electron chi connectivity index (χ3n) is 3.90. The van der Waals surface area contributed by atoms with Crippen LogP contribution in [0.2, 0.25) is 0 Å². The second-order valence-electron chi connectivity index (χ2n) is 6.90. The first-order valence-corrected chi connectivity index (χ1v) is 7.61. The molecule has 1 saturated carbocycles. The van der Waals surface area contributed by atoms with Gasteiger partial charge in [0.1, 0.15) is 5.60 Å². The fraction of sp³-hybridized carbons (Fsp3) is 0.933. The maximum absolute atomic E-state index is 12.0. The Balaban J connectivity index is 1.77. The van der Waals surface area contributed by atoms with Crippen LogP contribution < -0.4 is 0 Å². The molecule has 0 radical (unpaired) electrons. The SMILES string of the molecule is CCN(C[C@@H]1CCN(C(=O)OC(C)(C)C)C1)C1CC1. The summed E-state index contributed by atoms with van der Waals surface area (Å²) in [7, 11) is 0. The van der Waals surface area contributed by atoms with Crippen molar-refractivity contribution in [3.63, 3.8) is 0 Å². The lowest BCUT2D eigenvalue weighted by atomic mass is 10.1. The molecule has 1 heterocycles. The van der Waals surface area contributed by atoms with Crippen molar-refractivity contribution < 1.29 is 9.53 Å². The summed E-state index contributed by atoms with van der Waals surface area (Å²) >= 11 is 0. The van der Waals surface area contributed by atoms with Crippen LogP contribution in [0.25, 0.3) is 0 Å². The zero-order chi connectivity index (χ0) is 14.0. The number of likely N-dealkylation sites (tertiary alicyclic amines) is 1. The lowest BCUT2D eigenvalue weighted by Crippen LogP contribution is -2.37. The Morgan fingerprint density at radius 2 is 2.00 bits per heavy atom. The summed E-state index contributed by atoms with van der Waals surface area (Å²) in [6.45, 7) is 12.0. The summed E-state index contributed by atoms with van der Waals surface area (Å²) < 4.78 is 5.43. The van der Waals surface area contributed by atoms with Crippen molar-refractivity contribution in [2.24, 2.45) is 5.92 Å². The fourth-order valence-electron chi connectivity index (χ4n) is 2.78. The normalized spacial score (nSPS) is 24.1. The zero-order valence-electron chi connectivity index (χ0n) is 12.8. The van der Waals surface area contributed by atoms with E-state index in [0.717, 1.165) is 38.6 Å². The number of ether oxygens (including phenoxy) is 1. The number of rotatable bonds is 4. The molecule has 1 saturated heterocycles. The van der Waals surface area contributed by atoms with E-state index < -0.39 is 5.60 Å². The van der Waals surface area contributed by atoms with Gasteiger partial charge in [-0.3, -0.25) is 0 Å². The first kappa shape index (κ1) is 14.6. The van der Waals surface area contributed by atoms with Gasteiger partial charge >= 0.3 is 6.09 Å². The van der Waals surface area contributed by atoms with Crippen molar-refractivity contribution >= 4 is 6.09 Å². The molecule has 110 valence electrons. The van der Waals surface area contributed by atoms with Crippen molar-refractivity contribution in [3.8, 4) is 0 Å². The second kappa shape index (κ2) is 5.70. The van der Waals surface area contributed by atoms with Crippen molar-refractivity contribution in [3.05, 3.63) is 0 Å². The number of amides is 1. The highest BCUT2D eigenvalue weighted by molar-refractivity contribution is 5.68. The molecule has 4 nitrogen and oxygen atoms in total. The van der Waals surface area contributed by atoms with Gasteiger partial charge in [0, 0.05) is 25.7 Å². The predicted octanol–water partition coefficient (Wildman–Crippen LogP) is 2.73. The van der Waals surface area contributed by atoms with Gasteiger partial charge in [0.05, 0.1) is 0 Å². The van der Waals surface area contributed by atoms with Gasteiger partial charge < -0.3 is 14.5 Å². The minimum atomic E-state index is -0.390. The molecule has 0 bridgehead atoms. The lowest BCUT2D eigenvalue weighted by Gasteiger charge is -2.26. The summed E-state index contributed by atoms with van der Waals surface area (Å²) in [4.78, 5) is 16.4. The summed E-state index contributed by atoms with van der Waals surface area (Å²) in [6.07, 6.45) is 3.68. The van der Waals surface area contributed by atoms with E-state index in [2.05, 4.69) is 11.8 Å². The van der Waals surface area contributed by atoms with Crippen LogP contribution >= 0.6 is 0 Å². The predicted molar refractivity (Wildman–Crippen MR) is 76.2 cm³/mol. The first-order valence-electron chi connectivity index (χ1n) is 7.61. The van der Waals surface area contributed by atoms with E-state index in [9.17, 15) is 4.79 Å². The smallest absolute Gasteiger partial charge is 0.410 e. The van der Waals surface area contributed by atoms with Gasteiger partial charge in [-0.2, -0.15) is 0 Å². The standard InChI is InChI=1S/C15H28N2O2/c1-5-16(13-6-7-13)10-12-8-9-17(11-12)14(18)19-15(2,3)4/h12-13H,5-11H2,1-4H3/t12-/m0/s1. The topological polar surface area (TPSA) is 32.8 Å². The van der Waals surface area contributed by atoms with E-state index in [1.807, 2.05) is 25.7 Å². The van der Waals surface area contributed by atoms with Crippen molar-refractivity contribution in [2.45, 2.75) is 58.6 Å². The molecular weight excluding hydrogens is 240 g/mol. The molecule has 1 amide bonds. The molecule has 2 aliphatic rings. The molecule has 19 heavy (non-hydrogen) atoms. The van der Waals surface area contributed by atoms with Gasteiger partial charge in [-0.25, -0.2) is 4.79 Å². The number of carbonyl (C=O) groups excluding carboxylic acids is 1. The van der Waals surface area contributed by atoms with E-state index in [4.69, 9.17) is 4.74 Å². The molecule has 0 aromatic heterocycles. The summed E-state index contributed by atoms with van der Waals surface area (Å²) in [5.74, 6) is 0.619. The molecule has 4 heteroatoms. The molecule has 0 unspecified atom stereocenters. The van der Waals surface area contributed by atoms with Gasteiger partial charge in [-0.05, 0) is 52.5 Å². The molecule has 2 rings (SSSR count). The Kier molecular flexibility index (Phi) is 4.39. The summed E-state index contributed by atoms with van der Waals surface area (Å²) in [5, 5.41) is 0. The van der Waals surface area contributed by atoms with E-state index in [1.54, 1.807) is 0 Å². The Labute approximate surface area is 117 Å². The van der Waals surface area contributed by atoms with Crippen LogP contribution in [0.4, 0.5) is 4.79 Å². The number of nitrogens with zero attached hydrogens (tertiary/aromatic N) is 2. The van der Waals surface area contributed by atoms with Crippen LogP contribution in [0.1, 0.15) is 47.0 Å². The highest BCUT2D eigenvalue weighted by atomic mass is 16.6. The van der Waals surface area contributed by atoms with Crippen LogP contribution in [0, 0.1) is 5.92 Å². The van der Waals surface area contributed by atoms with Crippen LogP contribution in [0.15, 0.2) is 0 Å². The summed E-state index contributed by atoms with van der Waals surface area (Å²) in [6, 6.07) is 0.820. The maximum Gasteiger partial charge on any atom is 0.410 e. The molecule has 1 aliphatic carbocycles. The second-order valence-corrected chi connectivity index (χ2v) is 6.90. The minimum Gasteiger partial charge on any atom is -0.444 e. The van der Waals surface area contributed by atoms with Gasteiger partial charge in [-0.15, -0.1) is 0 Å². The Hall–Kier alpha value is -0.770. The van der Waals surface area contributed by atoms with E-state index in [1.165, 1.54) is 12.8 Å². The third kappa shape index (κ3) is 4.37. The fourth-order valence-corrected chi connectivity index (χ4v) is 2.78. The summed E-state index contributed by atoms with van der Waals surface area (Å²) in [5.41, 5.74) is -0.390. The molecule has 0 spiro atoms. The molecule has 0 aromatic carbocycles. The first-order chi connectivity index (χ1) is 8.89. The van der Waals surface area contributed by atoms with Gasteiger partial charge in [0.15, 0.2) is 0 Å². The Morgan fingerprint density at radius 3 is 2.53 bits per heavy atom. The monoisotopic (exact) mass is 268 g/mol. The van der Waals surface area contributed by atoms with Gasteiger partial charge in [0.2, 0.25) is 0 Å². The molecule has 1 aliphatic heterocycles. The quantitative estimate of drug-likeness (QED) is 0.786. The zero-order valence-corrected chi connectivity index (χ0v) is 12.8. The molecular formula is C15H28N2O2. The van der Waals surface area contributed by atoms with E-state index in [-0.39, 0.29) is 6.09 Å². The van der Waals surface area contributed by atoms with E-state index >= 15 is 0 Å². The van der Waals surface area contributed by atoms with Crippen LogP contribution in [0.5, 0.6) is 0 Å². The van der Waals surface area contributed by atoms with Crippen LogP contribution in [0.3, 0.4) is 0 Å². The Morgan fingerprint density at radius 1 is 1.32 bits per heavy atom. The largest absolute Gasteiger partial charge is 0.444 e. The number of hydrogen-bond donors (Lipinski definition) is 0. The molecule has 2 fully saturated rings. The Bertz CT molecular complexity index is 321. The lowest BCUT2D eigenvalue weighted by molar-refractivity contribution is 0.0285. The van der Waals surface area contributed by atoms with E-state index in [0.29, 0.717) is 5.92 Å². The average Bonchev–Trinajstić information content (AvgIpc) is 3.03. The number of hydrogen-bond acceptors (Lipinski definition) is 3. The van der Waals surface area contributed by atoms with Crippen molar-refractivity contribution in [1.29, 1.82) is 0 Å². The van der Waals surface area contributed by atoms with Gasteiger partial charge in [0.25, 0.3) is 0 Å². The number of carbonyl (C=O) groups is 1. The molecule has 0 aromatic rings. The highest BCUT2D eigenvalue weighted by Gasteiger charge is 2.34. The van der Waals surface area contributed by atoms with Crippen LogP contribution in [-0.2, 0) is 4.74 Å². The molecule has 0 N–H and O–H groups in total. The van der Waals surface area contributed by atoms with Crippen molar-refractivity contribution in [2.75, 3.05) is 26.2 Å². The average molecular weight is 268 g/mol. The van der Waals surface area contributed by atoms with Crippen molar-refractivity contribution in [1.82, 2.24) is 9.80 Å². The maximum atomic E-state index is 12.0. The highest BCUT2D eigenvalue weighted by Crippen LogP contribution is 2.29. The third-order valence-corrected chi connectivity index (χ3v) is 3.90. The van der Waals surface area contributed by atoms with Crippen LogP contribution in [-0.4, -0.2) is 53.7 Å².